The number of hydrogen-bond acceptors (Lipinski definition) is 6. The third-order valence-corrected chi connectivity index (χ3v) is 6.51. The second-order valence-corrected chi connectivity index (χ2v) is 9.86. The van der Waals surface area contributed by atoms with Gasteiger partial charge in [0.05, 0.1) is 16.6 Å². The van der Waals surface area contributed by atoms with Gasteiger partial charge in [0.15, 0.2) is 9.84 Å². The largest absolute Gasteiger partial charge is 0.302 e. The Kier molecular flexibility index (Phi) is 6.86. The molecule has 2 heterocycles. The Bertz CT molecular complexity index is 1240. The average molecular weight is 465 g/mol. The second kappa shape index (κ2) is 9.97. The fourth-order valence-corrected chi connectivity index (χ4v) is 4.14. The van der Waals surface area contributed by atoms with E-state index in [1.807, 2.05) is 54.8 Å². The zero-order valence-electron chi connectivity index (χ0n) is 18.1. The van der Waals surface area contributed by atoms with Crippen molar-refractivity contribution < 1.29 is 12.8 Å². The summed E-state index contributed by atoms with van der Waals surface area (Å²) in [4.78, 5) is 4.29. The summed E-state index contributed by atoms with van der Waals surface area (Å²) in [7, 11) is -3.22. The van der Waals surface area contributed by atoms with Crippen LogP contribution in [-0.2, 0) is 16.3 Å². The molecule has 0 aliphatic carbocycles. The topological polar surface area (TPSA) is 74.3 Å². The Morgan fingerprint density at radius 3 is 2.21 bits per heavy atom. The quantitative estimate of drug-likeness (QED) is 0.527. The van der Waals surface area contributed by atoms with Crippen molar-refractivity contribution in [1.82, 2.24) is 21.0 Å². The summed E-state index contributed by atoms with van der Waals surface area (Å²) < 4.78 is 37.1. The number of nitrogens with one attached hydrogen (secondary N) is 2. The Morgan fingerprint density at radius 2 is 1.61 bits per heavy atom. The van der Waals surface area contributed by atoms with Crippen LogP contribution < -0.4 is 11.0 Å². The number of hydrazine groups is 2. The van der Waals surface area contributed by atoms with Crippen molar-refractivity contribution in [2.75, 3.05) is 12.9 Å². The van der Waals surface area contributed by atoms with Gasteiger partial charge in [0.1, 0.15) is 6.67 Å². The average Bonchev–Trinajstić information content (AvgIpc) is 3.31. The van der Waals surface area contributed by atoms with Crippen LogP contribution in [0.2, 0.25) is 0 Å². The third-order valence-electron chi connectivity index (χ3n) is 5.38. The number of halogens is 1. The molecule has 1 atom stereocenters. The summed E-state index contributed by atoms with van der Waals surface area (Å²) >= 11 is 0. The van der Waals surface area contributed by atoms with Gasteiger partial charge in [0.2, 0.25) is 0 Å². The van der Waals surface area contributed by atoms with Gasteiger partial charge in [-0.15, -0.1) is 5.53 Å². The van der Waals surface area contributed by atoms with Crippen LogP contribution in [0.15, 0.2) is 95.9 Å². The maximum Gasteiger partial charge on any atom is 0.175 e. The van der Waals surface area contributed by atoms with Crippen LogP contribution in [0.3, 0.4) is 0 Å². The van der Waals surface area contributed by atoms with E-state index < -0.39 is 16.5 Å². The Balaban J connectivity index is 1.40. The molecule has 1 aromatic heterocycles. The van der Waals surface area contributed by atoms with Crippen LogP contribution in [-0.4, -0.2) is 37.4 Å². The molecule has 2 aromatic carbocycles. The summed E-state index contributed by atoms with van der Waals surface area (Å²) in [5, 5.41) is 1.74. The standard InChI is InChI=1S/C25H25FN4O2S/c1-33(31,32)25-10-7-22(8-11-25)21-5-2-20(3-6-21)16-24(17-26)30-18-23(28-29-30)9-4-19-12-14-27-15-13-19/h2-15,18,24,28-29H,16-17H2,1H3/b9-4+. The highest BCUT2D eigenvalue weighted by Crippen LogP contribution is 2.23. The minimum Gasteiger partial charge on any atom is -0.302 e. The zero-order chi connectivity index (χ0) is 23.3. The minimum atomic E-state index is -3.22. The van der Waals surface area contributed by atoms with E-state index in [0.29, 0.717) is 11.3 Å². The summed E-state index contributed by atoms with van der Waals surface area (Å²) in [6.07, 6.45) is 10.9. The molecule has 1 unspecified atom stereocenters. The second-order valence-electron chi connectivity index (χ2n) is 7.85. The van der Waals surface area contributed by atoms with Gasteiger partial charge >= 0.3 is 0 Å². The molecule has 1 aliphatic rings. The molecule has 0 bridgehead atoms. The molecule has 0 amide bonds. The monoisotopic (exact) mass is 464 g/mol. The highest BCUT2D eigenvalue weighted by Gasteiger charge is 2.20. The molecule has 0 saturated carbocycles. The first kappa shape index (κ1) is 22.7. The molecule has 3 aromatic rings. The molecule has 0 saturated heterocycles. The SMILES string of the molecule is CS(=O)(=O)c1ccc(-c2ccc(CC(CF)N3C=C(/C=C/c4ccncc4)NN3)cc2)cc1. The summed E-state index contributed by atoms with van der Waals surface area (Å²) in [6.45, 7) is -0.513. The van der Waals surface area contributed by atoms with E-state index in [4.69, 9.17) is 0 Å². The van der Waals surface area contributed by atoms with Crippen molar-refractivity contribution in [2.45, 2.75) is 17.4 Å². The predicted molar refractivity (Wildman–Crippen MR) is 128 cm³/mol. The van der Waals surface area contributed by atoms with Gasteiger partial charge < -0.3 is 5.43 Å². The molecule has 4 rings (SSSR count). The maximum atomic E-state index is 13.8. The first-order valence-electron chi connectivity index (χ1n) is 10.5. The maximum absolute atomic E-state index is 13.8. The van der Waals surface area contributed by atoms with Gasteiger partial charge in [-0.05, 0) is 59.0 Å². The molecule has 8 heteroatoms. The predicted octanol–water partition coefficient (Wildman–Crippen LogP) is 3.91. The van der Waals surface area contributed by atoms with E-state index in [1.165, 1.54) is 6.26 Å². The van der Waals surface area contributed by atoms with E-state index in [2.05, 4.69) is 15.9 Å². The molecule has 0 radical (unpaired) electrons. The number of alkyl halides is 1. The number of nitrogens with zero attached hydrogens (tertiary/aromatic N) is 2. The van der Waals surface area contributed by atoms with Crippen molar-refractivity contribution in [1.29, 1.82) is 0 Å². The van der Waals surface area contributed by atoms with Crippen LogP contribution in [0, 0.1) is 0 Å². The fraction of sp³-hybridized carbons (Fsp3) is 0.160. The summed E-state index contributed by atoms with van der Waals surface area (Å²) in [5.41, 5.74) is 10.8. The van der Waals surface area contributed by atoms with Crippen LogP contribution in [0.4, 0.5) is 4.39 Å². The van der Waals surface area contributed by atoms with E-state index in [1.54, 1.807) is 41.7 Å². The van der Waals surface area contributed by atoms with Gasteiger partial charge in [-0.25, -0.2) is 12.8 Å². The first-order valence-corrected chi connectivity index (χ1v) is 12.4. The number of rotatable bonds is 8. The van der Waals surface area contributed by atoms with Crippen LogP contribution in [0.25, 0.3) is 17.2 Å². The lowest BCUT2D eigenvalue weighted by Gasteiger charge is -2.24. The van der Waals surface area contributed by atoms with Gasteiger partial charge in [-0.2, -0.15) is 0 Å². The number of aromatic nitrogens is 1. The van der Waals surface area contributed by atoms with Crippen molar-refractivity contribution >= 4 is 15.9 Å². The van der Waals surface area contributed by atoms with E-state index in [0.717, 1.165) is 28.0 Å². The van der Waals surface area contributed by atoms with E-state index >= 15 is 0 Å². The Morgan fingerprint density at radius 1 is 0.970 bits per heavy atom. The van der Waals surface area contributed by atoms with Crippen molar-refractivity contribution in [3.63, 3.8) is 0 Å². The van der Waals surface area contributed by atoms with Gasteiger partial charge in [-0.1, -0.05) is 42.5 Å². The van der Waals surface area contributed by atoms with Gasteiger partial charge in [0.25, 0.3) is 0 Å². The smallest absolute Gasteiger partial charge is 0.175 e. The molecule has 0 spiro atoms. The lowest BCUT2D eigenvalue weighted by atomic mass is 10.0. The Labute approximate surface area is 193 Å². The van der Waals surface area contributed by atoms with Crippen LogP contribution >= 0.6 is 0 Å². The van der Waals surface area contributed by atoms with Crippen LogP contribution in [0.5, 0.6) is 0 Å². The lowest BCUT2D eigenvalue weighted by molar-refractivity contribution is 0.164. The Hall–Kier alpha value is -3.49. The molecule has 33 heavy (non-hydrogen) atoms. The highest BCUT2D eigenvalue weighted by molar-refractivity contribution is 7.90. The number of sulfone groups is 1. The van der Waals surface area contributed by atoms with Crippen molar-refractivity contribution in [3.8, 4) is 11.1 Å². The minimum absolute atomic E-state index is 0.295. The van der Waals surface area contributed by atoms with E-state index in [-0.39, 0.29) is 6.04 Å². The van der Waals surface area contributed by atoms with Crippen LogP contribution in [0.1, 0.15) is 11.1 Å². The third kappa shape index (κ3) is 5.85. The highest BCUT2D eigenvalue weighted by atomic mass is 32.2. The number of hydrogen-bond donors (Lipinski definition) is 2. The molecule has 6 nitrogen and oxygen atoms in total. The molecule has 2 N–H and O–H groups in total. The van der Waals surface area contributed by atoms with Crippen molar-refractivity contribution in [2.24, 2.45) is 0 Å². The van der Waals surface area contributed by atoms with Gasteiger partial charge in [0, 0.05) is 24.8 Å². The van der Waals surface area contributed by atoms with Crippen molar-refractivity contribution in [3.05, 3.63) is 102 Å². The van der Waals surface area contributed by atoms with Gasteiger partial charge in [-0.3, -0.25) is 9.99 Å². The summed E-state index contributed by atoms with van der Waals surface area (Å²) in [5.74, 6) is 0. The molecule has 1 aliphatic heterocycles. The van der Waals surface area contributed by atoms with E-state index in [9.17, 15) is 12.8 Å². The number of benzene rings is 2. The lowest BCUT2D eigenvalue weighted by Crippen LogP contribution is -2.45. The molecule has 170 valence electrons. The normalized spacial score (nSPS) is 14.8. The fourth-order valence-electron chi connectivity index (χ4n) is 3.51. The zero-order valence-corrected chi connectivity index (χ0v) is 19.0. The number of allylic oxidation sites excluding steroid dienone is 1. The number of pyridine rings is 1. The summed E-state index contributed by atoms with van der Waals surface area (Å²) in [6, 6.07) is 18.1. The molecule has 0 fully saturated rings. The first-order chi connectivity index (χ1) is 15.9. The molecular weight excluding hydrogens is 439 g/mol. The molecular formula is C25H25FN4O2S.